The van der Waals surface area contributed by atoms with Crippen molar-refractivity contribution in [1.29, 1.82) is 0 Å². The topological polar surface area (TPSA) is 89.9 Å². The fraction of sp³-hybridized carbons (Fsp3) is 0.389. The lowest BCUT2D eigenvalue weighted by atomic mass is 10.2. The molecule has 3 rings (SSSR count). The van der Waals surface area contributed by atoms with Gasteiger partial charge in [0.15, 0.2) is 0 Å². The highest BCUT2D eigenvalue weighted by Crippen LogP contribution is 2.20. The van der Waals surface area contributed by atoms with Crippen LogP contribution < -0.4 is 0 Å². The van der Waals surface area contributed by atoms with E-state index in [0.29, 0.717) is 11.7 Å². The average Bonchev–Trinajstić information content (AvgIpc) is 3.30. The minimum Gasteiger partial charge on any atom is -0.337 e. The van der Waals surface area contributed by atoms with E-state index in [9.17, 15) is 4.79 Å². The number of likely N-dealkylation sites (N-methyl/N-ethyl adjacent to an activating group) is 1. The molecular formula is C18H22N6O2. The minimum absolute atomic E-state index is 0.0476. The van der Waals surface area contributed by atoms with E-state index in [1.165, 1.54) is 0 Å². The van der Waals surface area contributed by atoms with Gasteiger partial charge in [0.2, 0.25) is 17.6 Å². The molecule has 0 saturated heterocycles. The number of carbonyl (C=O) groups is 1. The lowest BCUT2D eigenvalue weighted by Crippen LogP contribution is -2.33. The summed E-state index contributed by atoms with van der Waals surface area (Å²) in [7, 11) is 1.72. The molecule has 0 fully saturated rings. The SMILES string of the molecule is CC(C)c1nccn1[C@@H](C)C(=O)N(C)Cc1nc(-c2ccncc2)no1. The average molecular weight is 354 g/mol. The number of rotatable bonds is 6. The normalized spacial score (nSPS) is 12.3. The third-order valence-corrected chi connectivity index (χ3v) is 4.14. The van der Waals surface area contributed by atoms with E-state index in [1.807, 2.05) is 17.7 Å². The molecular weight excluding hydrogens is 332 g/mol. The Morgan fingerprint density at radius 1 is 1.23 bits per heavy atom. The summed E-state index contributed by atoms with van der Waals surface area (Å²) in [6, 6.07) is 3.25. The third-order valence-electron chi connectivity index (χ3n) is 4.14. The van der Waals surface area contributed by atoms with Crippen LogP contribution in [0.3, 0.4) is 0 Å². The van der Waals surface area contributed by atoms with E-state index < -0.39 is 0 Å². The molecule has 0 aliphatic heterocycles. The van der Waals surface area contributed by atoms with E-state index in [-0.39, 0.29) is 24.4 Å². The lowest BCUT2D eigenvalue weighted by molar-refractivity contribution is -0.133. The second kappa shape index (κ2) is 7.47. The van der Waals surface area contributed by atoms with Crippen LogP contribution in [0.15, 0.2) is 41.4 Å². The molecule has 0 N–H and O–H groups in total. The second-order valence-corrected chi connectivity index (χ2v) is 6.47. The van der Waals surface area contributed by atoms with Crippen molar-refractivity contribution in [3.63, 3.8) is 0 Å². The fourth-order valence-corrected chi connectivity index (χ4v) is 2.76. The Labute approximate surface area is 151 Å². The third kappa shape index (κ3) is 3.63. The first-order chi connectivity index (χ1) is 12.5. The molecule has 0 unspecified atom stereocenters. The Balaban J connectivity index is 1.70. The van der Waals surface area contributed by atoms with Crippen LogP contribution in [0, 0.1) is 0 Å². The Morgan fingerprint density at radius 3 is 2.65 bits per heavy atom. The van der Waals surface area contributed by atoms with Crippen molar-refractivity contribution in [2.45, 2.75) is 39.3 Å². The van der Waals surface area contributed by atoms with Crippen LogP contribution in [0.5, 0.6) is 0 Å². The van der Waals surface area contributed by atoms with Gasteiger partial charge in [0.25, 0.3) is 0 Å². The smallest absolute Gasteiger partial charge is 0.246 e. The van der Waals surface area contributed by atoms with Gasteiger partial charge in [0.1, 0.15) is 11.9 Å². The summed E-state index contributed by atoms with van der Waals surface area (Å²) in [5, 5.41) is 3.96. The van der Waals surface area contributed by atoms with Crippen LogP contribution in [0.25, 0.3) is 11.4 Å². The van der Waals surface area contributed by atoms with Gasteiger partial charge in [-0.25, -0.2) is 4.98 Å². The van der Waals surface area contributed by atoms with Crippen molar-refractivity contribution in [2.24, 2.45) is 0 Å². The quantitative estimate of drug-likeness (QED) is 0.676. The molecule has 3 aromatic heterocycles. The molecule has 3 heterocycles. The van der Waals surface area contributed by atoms with Gasteiger partial charge in [-0.2, -0.15) is 4.98 Å². The van der Waals surface area contributed by atoms with Gasteiger partial charge in [-0.3, -0.25) is 9.78 Å². The van der Waals surface area contributed by atoms with Crippen LogP contribution >= 0.6 is 0 Å². The molecule has 1 atom stereocenters. The van der Waals surface area contributed by atoms with Crippen molar-refractivity contribution in [1.82, 2.24) is 29.6 Å². The van der Waals surface area contributed by atoms with Crippen molar-refractivity contribution in [3.05, 3.63) is 48.6 Å². The molecule has 8 heteroatoms. The zero-order valence-electron chi connectivity index (χ0n) is 15.3. The van der Waals surface area contributed by atoms with E-state index in [1.54, 1.807) is 42.7 Å². The van der Waals surface area contributed by atoms with Gasteiger partial charge in [-0.05, 0) is 19.1 Å². The Morgan fingerprint density at radius 2 is 1.96 bits per heavy atom. The molecule has 1 amide bonds. The summed E-state index contributed by atoms with van der Waals surface area (Å²) in [6.45, 7) is 6.22. The summed E-state index contributed by atoms with van der Waals surface area (Å²) in [5.41, 5.74) is 0.817. The monoisotopic (exact) mass is 354 g/mol. The highest BCUT2D eigenvalue weighted by atomic mass is 16.5. The number of hydrogen-bond donors (Lipinski definition) is 0. The largest absolute Gasteiger partial charge is 0.337 e. The van der Waals surface area contributed by atoms with Gasteiger partial charge >= 0.3 is 0 Å². The predicted molar refractivity (Wildman–Crippen MR) is 95.0 cm³/mol. The van der Waals surface area contributed by atoms with E-state index in [2.05, 4.69) is 34.0 Å². The van der Waals surface area contributed by atoms with Crippen LogP contribution in [0.2, 0.25) is 0 Å². The molecule has 0 radical (unpaired) electrons. The molecule has 136 valence electrons. The lowest BCUT2D eigenvalue weighted by Gasteiger charge is -2.22. The number of hydrogen-bond acceptors (Lipinski definition) is 6. The maximum atomic E-state index is 12.8. The van der Waals surface area contributed by atoms with Gasteiger partial charge in [-0.1, -0.05) is 19.0 Å². The summed E-state index contributed by atoms with van der Waals surface area (Å²) < 4.78 is 7.18. The second-order valence-electron chi connectivity index (χ2n) is 6.47. The predicted octanol–water partition coefficient (Wildman–Crippen LogP) is 2.67. The van der Waals surface area contributed by atoms with Gasteiger partial charge < -0.3 is 14.0 Å². The maximum Gasteiger partial charge on any atom is 0.246 e. The number of imidazole rings is 1. The van der Waals surface area contributed by atoms with Crippen molar-refractivity contribution in [3.8, 4) is 11.4 Å². The molecule has 8 nitrogen and oxygen atoms in total. The number of carbonyl (C=O) groups excluding carboxylic acids is 1. The van der Waals surface area contributed by atoms with Crippen molar-refractivity contribution in [2.75, 3.05) is 7.05 Å². The summed E-state index contributed by atoms with van der Waals surface area (Å²) >= 11 is 0. The van der Waals surface area contributed by atoms with Gasteiger partial charge in [0, 0.05) is 43.3 Å². The Hall–Kier alpha value is -3.03. The Kier molecular flexibility index (Phi) is 5.11. The molecule has 0 aliphatic rings. The van der Waals surface area contributed by atoms with Crippen LogP contribution in [0.1, 0.15) is 44.4 Å². The summed E-state index contributed by atoms with van der Waals surface area (Å²) in [5.74, 6) is 1.94. The zero-order chi connectivity index (χ0) is 18.7. The van der Waals surface area contributed by atoms with Crippen LogP contribution in [0.4, 0.5) is 0 Å². The minimum atomic E-state index is -0.359. The van der Waals surface area contributed by atoms with E-state index >= 15 is 0 Å². The standard InChI is InChI=1S/C18H22N6O2/c1-12(2)17-20-9-10-24(17)13(3)18(25)23(4)11-15-21-16(22-26-15)14-5-7-19-8-6-14/h5-10,12-13H,11H2,1-4H3/t13-/m0/s1. The van der Waals surface area contributed by atoms with E-state index in [0.717, 1.165) is 11.4 Å². The zero-order valence-corrected chi connectivity index (χ0v) is 15.3. The number of amides is 1. The molecule has 0 aromatic carbocycles. The highest BCUT2D eigenvalue weighted by Gasteiger charge is 2.23. The van der Waals surface area contributed by atoms with Crippen LogP contribution in [-0.2, 0) is 11.3 Å². The molecule has 26 heavy (non-hydrogen) atoms. The maximum absolute atomic E-state index is 12.8. The molecule has 3 aromatic rings. The van der Waals surface area contributed by atoms with E-state index in [4.69, 9.17) is 4.52 Å². The molecule has 0 saturated carbocycles. The van der Waals surface area contributed by atoms with Crippen molar-refractivity contribution < 1.29 is 9.32 Å². The number of aromatic nitrogens is 5. The highest BCUT2D eigenvalue weighted by molar-refractivity contribution is 5.79. The Bertz CT molecular complexity index is 871. The first kappa shape index (κ1) is 17.8. The first-order valence-corrected chi connectivity index (χ1v) is 8.48. The van der Waals surface area contributed by atoms with Crippen molar-refractivity contribution >= 4 is 5.91 Å². The van der Waals surface area contributed by atoms with Crippen LogP contribution in [-0.4, -0.2) is 42.5 Å². The molecule has 0 spiro atoms. The molecule has 0 bridgehead atoms. The van der Waals surface area contributed by atoms with Gasteiger partial charge in [-0.15, -0.1) is 0 Å². The first-order valence-electron chi connectivity index (χ1n) is 8.48. The fourth-order valence-electron chi connectivity index (χ4n) is 2.76. The summed E-state index contributed by atoms with van der Waals surface area (Å²) in [4.78, 5) is 27.0. The summed E-state index contributed by atoms with van der Waals surface area (Å²) in [6.07, 6.45) is 6.89. The molecule has 0 aliphatic carbocycles. The number of nitrogens with zero attached hydrogens (tertiary/aromatic N) is 6. The van der Waals surface area contributed by atoms with Gasteiger partial charge in [0.05, 0.1) is 6.54 Å². The number of pyridine rings is 1.